The van der Waals surface area contributed by atoms with E-state index in [1.165, 1.54) is 29.5 Å². The molecule has 1 fully saturated rings. The first-order valence-electron chi connectivity index (χ1n) is 8.66. The first kappa shape index (κ1) is 15.1. The number of nitrogens with zero attached hydrogens (tertiary/aromatic N) is 1. The molecule has 3 aromatic rings. The molecule has 24 heavy (non-hydrogen) atoms. The van der Waals surface area contributed by atoms with Crippen molar-refractivity contribution in [3.8, 4) is 11.1 Å². The van der Waals surface area contributed by atoms with Crippen LogP contribution in [0.2, 0.25) is 0 Å². The normalized spacial score (nSPS) is 14.0. The molecule has 0 saturated heterocycles. The molecular weight excluding hydrogens is 294 g/mol. The van der Waals surface area contributed by atoms with E-state index in [0.717, 1.165) is 22.9 Å². The van der Waals surface area contributed by atoms with Gasteiger partial charge in [-0.3, -0.25) is 9.78 Å². The molecule has 0 bridgehead atoms. The van der Waals surface area contributed by atoms with E-state index in [4.69, 9.17) is 0 Å². The van der Waals surface area contributed by atoms with Gasteiger partial charge in [-0.15, -0.1) is 0 Å². The second kappa shape index (κ2) is 6.20. The van der Waals surface area contributed by atoms with Crippen LogP contribution in [0.3, 0.4) is 0 Å². The number of rotatable bonds is 5. The highest BCUT2D eigenvalue weighted by atomic mass is 16.1. The van der Waals surface area contributed by atoms with Crippen LogP contribution in [0.25, 0.3) is 22.0 Å². The van der Waals surface area contributed by atoms with E-state index in [9.17, 15) is 4.79 Å². The van der Waals surface area contributed by atoms with Crippen LogP contribution in [0, 0.1) is 12.8 Å². The third-order valence-electron chi connectivity index (χ3n) is 4.86. The van der Waals surface area contributed by atoms with E-state index in [1.807, 2.05) is 6.20 Å². The molecule has 1 aromatic heterocycles. The minimum atomic E-state index is 0.354. The maximum atomic E-state index is 12.1. The number of fused-ring (bicyclic) bond motifs is 1. The van der Waals surface area contributed by atoms with E-state index in [2.05, 4.69) is 60.4 Å². The minimum Gasteiger partial charge on any atom is -0.299 e. The molecule has 0 spiro atoms. The third kappa shape index (κ3) is 3.09. The molecule has 0 atom stereocenters. The number of benzene rings is 2. The number of hydrogen-bond acceptors (Lipinski definition) is 2. The van der Waals surface area contributed by atoms with E-state index >= 15 is 0 Å². The average molecular weight is 315 g/mol. The summed E-state index contributed by atoms with van der Waals surface area (Å²) in [6.45, 7) is 2.13. The molecule has 0 unspecified atom stereocenters. The largest absolute Gasteiger partial charge is 0.299 e. The highest BCUT2D eigenvalue weighted by molar-refractivity contribution is 5.95. The van der Waals surface area contributed by atoms with Gasteiger partial charge in [-0.2, -0.15) is 0 Å². The SMILES string of the molecule is Cc1ccccc1-c1ccnc2cc(CC(=O)CC3CC3)ccc12. The van der Waals surface area contributed by atoms with E-state index < -0.39 is 0 Å². The van der Waals surface area contributed by atoms with Gasteiger partial charge in [0.15, 0.2) is 0 Å². The lowest BCUT2D eigenvalue weighted by atomic mass is 9.96. The second-order valence-corrected chi connectivity index (χ2v) is 6.89. The highest BCUT2D eigenvalue weighted by Crippen LogP contribution is 2.33. The summed E-state index contributed by atoms with van der Waals surface area (Å²) in [5.74, 6) is 1.01. The van der Waals surface area contributed by atoms with Crippen LogP contribution in [-0.2, 0) is 11.2 Å². The van der Waals surface area contributed by atoms with Gasteiger partial charge in [0.05, 0.1) is 5.52 Å². The zero-order valence-electron chi connectivity index (χ0n) is 14.0. The molecule has 1 aliphatic carbocycles. The number of ketones is 1. The number of aromatic nitrogens is 1. The minimum absolute atomic E-state index is 0.354. The fraction of sp³-hybridized carbons (Fsp3) is 0.273. The van der Waals surface area contributed by atoms with Gasteiger partial charge < -0.3 is 0 Å². The fourth-order valence-corrected chi connectivity index (χ4v) is 3.36. The van der Waals surface area contributed by atoms with Crippen molar-refractivity contribution in [2.75, 3.05) is 0 Å². The number of carbonyl (C=O) groups is 1. The number of pyridine rings is 1. The summed E-state index contributed by atoms with van der Waals surface area (Å²) in [5.41, 5.74) is 5.74. The molecule has 2 heteroatoms. The van der Waals surface area contributed by atoms with Crippen molar-refractivity contribution in [1.29, 1.82) is 0 Å². The molecule has 4 rings (SSSR count). The van der Waals surface area contributed by atoms with Gasteiger partial charge in [0.25, 0.3) is 0 Å². The zero-order chi connectivity index (χ0) is 16.5. The Morgan fingerprint density at radius 1 is 1.08 bits per heavy atom. The van der Waals surface area contributed by atoms with Crippen LogP contribution < -0.4 is 0 Å². The van der Waals surface area contributed by atoms with Crippen molar-refractivity contribution >= 4 is 16.7 Å². The maximum absolute atomic E-state index is 12.1. The quantitative estimate of drug-likeness (QED) is 0.654. The van der Waals surface area contributed by atoms with Crippen molar-refractivity contribution < 1.29 is 4.79 Å². The third-order valence-corrected chi connectivity index (χ3v) is 4.86. The van der Waals surface area contributed by atoms with Crippen molar-refractivity contribution in [2.45, 2.75) is 32.6 Å². The summed E-state index contributed by atoms with van der Waals surface area (Å²) in [4.78, 5) is 16.6. The van der Waals surface area contributed by atoms with Gasteiger partial charge in [-0.25, -0.2) is 0 Å². The molecule has 2 aromatic carbocycles. The van der Waals surface area contributed by atoms with Crippen LogP contribution in [0.15, 0.2) is 54.7 Å². The summed E-state index contributed by atoms with van der Waals surface area (Å²) < 4.78 is 0. The Morgan fingerprint density at radius 2 is 1.92 bits per heavy atom. The van der Waals surface area contributed by atoms with E-state index in [1.54, 1.807) is 0 Å². The van der Waals surface area contributed by atoms with Crippen molar-refractivity contribution in [3.63, 3.8) is 0 Å². The summed E-state index contributed by atoms with van der Waals surface area (Å²) in [6, 6.07) is 16.7. The van der Waals surface area contributed by atoms with Gasteiger partial charge in [-0.1, -0.05) is 36.4 Å². The lowest BCUT2D eigenvalue weighted by Gasteiger charge is -2.10. The first-order valence-corrected chi connectivity index (χ1v) is 8.66. The molecule has 120 valence electrons. The lowest BCUT2D eigenvalue weighted by Crippen LogP contribution is -2.03. The fourth-order valence-electron chi connectivity index (χ4n) is 3.36. The Balaban J connectivity index is 1.68. The molecule has 0 amide bonds. The summed E-state index contributed by atoms with van der Waals surface area (Å²) in [6.07, 6.45) is 5.59. The predicted octanol–water partition coefficient (Wildman–Crippen LogP) is 5.12. The van der Waals surface area contributed by atoms with Crippen LogP contribution in [0.1, 0.15) is 30.4 Å². The molecule has 0 aliphatic heterocycles. The van der Waals surface area contributed by atoms with Crippen LogP contribution >= 0.6 is 0 Å². The molecule has 0 radical (unpaired) electrons. The number of hydrogen-bond donors (Lipinski definition) is 0. The van der Waals surface area contributed by atoms with Crippen molar-refractivity contribution in [1.82, 2.24) is 4.98 Å². The standard InChI is InChI=1S/C22H21NO/c1-15-4-2-3-5-19(15)20-10-11-23-22-14-17(8-9-21(20)22)13-18(24)12-16-6-7-16/h2-5,8-11,14,16H,6-7,12-13H2,1H3. The van der Waals surface area contributed by atoms with Gasteiger partial charge >= 0.3 is 0 Å². The van der Waals surface area contributed by atoms with E-state index in [0.29, 0.717) is 18.1 Å². The predicted molar refractivity (Wildman–Crippen MR) is 98.0 cm³/mol. The molecule has 1 heterocycles. The van der Waals surface area contributed by atoms with Gasteiger partial charge in [0, 0.05) is 24.4 Å². The Kier molecular flexibility index (Phi) is 3.89. The van der Waals surface area contributed by atoms with Crippen molar-refractivity contribution in [3.05, 3.63) is 65.9 Å². The smallest absolute Gasteiger partial charge is 0.137 e. The Labute approximate surface area is 142 Å². The summed E-state index contributed by atoms with van der Waals surface area (Å²) >= 11 is 0. The van der Waals surface area contributed by atoms with Gasteiger partial charge in [0.1, 0.15) is 5.78 Å². The Hall–Kier alpha value is -2.48. The molecule has 1 saturated carbocycles. The summed E-state index contributed by atoms with van der Waals surface area (Å²) in [5, 5.41) is 1.14. The average Bonchev–Trinajstić information content (AvgIpc) is 3.38. The highest BCUT2D eigenvalue weighted by Gasteiger charge is 2.24. The van der Waals surface area contributed by atoms with Crippen LogP contribution in [-0.4, -0.2) is 10.8 Å². The van der Waals surface area contributed by atoms with Crippen LogP contribution in [0.5, 0.6) is 0 Å². The lowest BCUT2D eigenvalue weighted by molar-refractivity contribution is -0.118. The Bertz CT molecular complexity index is 909. The first-order chi connectivity index (χ1) is 11.7. The van der Waals surface area contributed by atoms with Gasteiger partial charge in [-0.05, 0) is 60.1 Å². The van der Waals surface area contributed by atoms with Crippen molar-refractivity contribution in [2.24, 2.45) is 5.92 Å². The number of carbonyl (C=O) groups excluding carboxylic acids is 1. The summed E-state index contributed by atoms with van der Waals surface area (Å²) in [7, 11) is 0. The zero-order valence-corrected chi connectivity index (χ0v) is 14.0. The van der Waals surface area contributed by atoms with E-state index in [-0.39, 0.29) is 0 Å². The molecular formula is C22H21NO. The monoisotopic (exact) mass is 315 g/mol. The Morgan fingerprint density at radius 3 is 2.71 bits per heavy atom. The molecule has 0 N–H and O–H groups in total. The second-order valence-electron chi connectivity index (χ2n) is 6.89. The number of Topliss-reactive ketones (excluding diaryl/α,β-unsaturated/α-hetero) is 1. The van der Waals surface area contributed by atoms with Crippen LogP contribution in [0.4, 0.5) is 0 Å². The topological polar surface area (TPSA) is 30.0 Å². The number of aryl methyl sites for hydroxylation is 1. The maximum Gasteiger partial charge on any atom is 0.137 e. The molecule has 1 aliphatic rings. The van der Waals surface area contributed by atoms with Gasteiger partial charge in [0.2, 0.25) is 0 Å². The molecule has 2 nitrogen and oxygen atoms in total.